The highest BCUT2D eigenvalue weighted by Gasteiger charge is 2.51. The van der Waals surface area contributed by atoms with E-state index in [0.29, 0.717) is 29.2 Å². The summed E-state index contributed by atoms with van der Waals surface area (Å²) in [6.07, 6.45) is 6.97. The van der Waals surface area contributed by atoms with Gasteiger partial charge in [0.25, 0.3) is 5.91 Å². The molecule has 3 amide bonds. The number of amides is 3. The van der Waals surface area contributed by atoms with Gasteiger partial charge in [0, 0.05) is 17.9 Å². The molecule has 1 atom stereocenters. The van der Waals surface area contributed by atoms with Crippen LogP contribution in [-0.2, 0) is 24.4 Å². The molecule has 0 aromatic heterocycles. The molecule has 4 aliphatic rings. The van der Waals surface area contributed by atoms with Crippen molar-refractivity contribution in [1.82, 2.24) is 15.6 Å². The number of nitrogens with two attached hydrogens (primary N) is 1. The van der Waals surface area contributed by atoms with Gasteiger partial charge < -0.3 is 5.73 Å². The molecule has 1 aromatic rings. The van der Waals surface area contributed by atoms with Crippen LogP contribution in [0.5, 0.6) is 0 Å². The molecule has 0 aliphatic heterocycles. The van der Waals surface area contributed by atoms with E-state index in [0.717, 1.165) is 19.3 Å². The molecule has 11 heteroatoms. The van der Waals surface area contributed by atoms with Crippen LogP contribution in [0.4, 0.5) is 0 Å². The van der Waals surface area contributed by atoms with Gasteiger partial charge in [-0.15, -0.1) is 0 Å². The molecule has 4 saturated carbocycles. The van der Waals surface area contributed by atoms with E-state index >= 15 is 0 Å². The van der Waals surface area contributed by atoms with Crippen LogP contribution in [0.2, 0.25) is 5.02 Å². The van der Waals surface area contributed by atoms with E-state index in [2.05, 4.69) is 15.6 Å². The second-order valence-corrected chi connectivity index (χ2v) is 12.4. The summed E-state index contributed by atoms with van der Waals surface area (Å²) in [4.78, 5) is 36.6. The molecule has 0 saturated heterocycles. The molecule has 0 heterocycles. The van der Waals surface area contributed by atoms with Crippen molar-refractivity contribution in [2.24, 2.45) is 28.9 Å². The number of sulfonamides is 1. The lowest BCUT2D eigenvalue weighted by atomic mass is 9.49. The first-order valence-electron chi connectivity index (χ1n) is 11.7. The summed E-state index contributed by atoms with van der Waals surface area (Å²) in [5.74, 6) is 0.383. The fourth-order valence-electron chi connectivity index (χ4n) is 6.51. The molecule has 186 valence electrons. The molecule has 0 unspecified atom stereocenters. The normalized spacial score (nSPS) is 28.3. The van der Waals surface area contributed by atoms with Crippen LogP contribution in [0.1, 0.15) is 57.8 Å². The summed E-state index contributed by atoms with van der Waals surface area (Å²) >= 11 is 5.81. The van der Waals surface area contributed by atoms with Gasteiger partial charge in [0.15, 0.2) is 0 Å². The zero-order valence-electron chi connectivity index (χ0n) is 18.9. The van der Waals surface area contributed by atoms with Crippen LogP contribution in [-0.4, -0.2) is 32.2 Å². The number of benzene rings is 1. The molecular formula is C23H31ClN4O5S. The molecule has 4 bridgehead atoms. The zero-order chi connectivity index (χ0) is 24.5. The average Bonchev–Trinajstić information content (AvgIpc) is 2.74. The van der Waals surface area contributed by atoms with Crippen LogP contribution < -0.4 is 21.3 Å². The van der Waals surface area contributed by atoms with E-state index in [4.69, 9.17) is 17.3 Å². The van der Waals surface area contributed by atoms with Gasteiger partial charge in [0.1, 0.15) is 6.04 Å². The number of nitrogens with one attached hydrogen (secondary N) is 3. The summed E-state index contributed by atoms with van der Waals surface area (Å²) in [6.45, 7) is 0. The van der Waals surface area contributed by atoms with Crippen LogP contribution >= 0.6 is 11.6 Å². The monoisotopic (exact) mass is 510 g/mol. The Balaban J connectivity index is 1.36. The highest BCUT2D eigenvalue weighted by atomic mass is 35.5. The van der Waals surface area contributed by atoms with Crippen molar-refractivity contribution in [3.63, 3.8) is 0 Å². The van der Waals surface area contributed by atoms with Crippen molar-refractivity contribution in [2.45, 2.75) is 68.7 Å². The Hall–Kier alpha value is -2.17. The number of carbonyl (C=O) groups is 3. The predicted molar refractivity (Wildman–Crippen MR) is 125 cm³/mol. The van der Waals surface area contributed by atoms with Crippen molar-refractivity contribution >= 4 is 39.3 Å². The molecule has 0 radical (unpaired) electrons. The first-order valence-corrected chi connectivity index (χ1v) is 13.5. The first kappa shape index (κ1) is 24.9. The topological polar surface area (TPSA) is 147 Å². The Labute approximate surface area is 204 Å². The lowest BCUT2D eigenvalue weighted by Gasteiger charge is -2.56. The van der Waals surface area contributed by atoms with Gasteiger partial charge in [0.2, 0.25) is 21.8 Å². The van der Waals surface area contributed by atoms with E-state index < -0.39 is 27.9 Å². The van der Waals surface area contributed by atoms with Crippen LogP contribution in [0.15, 0.2) is 29.2 Å². The Bertz CT molecular complexity index is 1020. The molecule has 5 rings (SSSR count). The van der Waals surface area contributed by atoms with Gasteiger partial charge in [-0.2, -0.15) is 4.72 Å². The summed E-state index contributed by atoms with van der Waals surface area (Å²) in [6, 6.07) is 4.15. The maximum Gasteiger partial charge on any atom is 0.256 e. The van der Waals surface area contributed by atoms with E-state index in [1.54, 1.807) is 0 Å². The smallest absolute Gasteiger partial charge is 0.256 e. The van der Waals surface area contributed by atoms with Crippen LogP contribution in [0.3, 0.4) is 0 Å². The third kappa shape index (κ3) is 5.90. The fraction of sp³-hybridized carbons (Fsp3) is 0.609. The minimum absolute atomic E-state index is 0.00506. The summed E-state index contributed by atoms with van der Waals surface area (Å²) in [5, 5.41) is 0.365. The van der Waals surface area contributed by atoms with Crippen molar-refractivity contribution in [3.8, 4) is 0 Å². The molecule has 34 heavy (non-hydrogen) atoms. The Morgan fingerprint density at radius 3 is 2.09 bits per heavy atom. The van der Waals surface area contributed by atoms with Crippen molar-refractivity contribution in [1.29, 1.82) is 0 Å². The van der Waals surface area contributed by atoms with Crippen molar-refractivity contribution in [2.75, 3.05) is 0 Å². The molecule has 1 aromatic carbocycles. The average molecular weight is 511 g/mol. The quantitative estimate of drug-likeness (QED) is 0.375. The lowest BCUT2D eigenvalue weighted by molar-refractivity contribution is -0.134. The largest absolute Gasteiger partial charge is 0.370 e. The maximum absolute atomic E-state index is 12.8. The van der Waals surface area contributed by atoms with Crippen molar-refractivity contribution < 1.29 is 22.8 Å². The molecular weight excluding hydrogens is 480 g/mol. The van der Waals surface area contributed by atoms with Crippen LogP contribution in [0.25, 0.3) is 0 Å². The second-order valence-electron chi connectivity index (χ2n) is 10.3. The van der Waals surface area contributed by atoms with Crippen molar-refractivity contribution in [3.05, 3.63) is 29.3 Å². The van der Waals surface area contributed by atoms with E-state index in [1.807, 2.05) is 0 Å². The van der Waals surface area contributed by atoms with Gasteiger partial charge in [-0.05, 0) is 92.4 Å². The van der Waals surface area contributed by atoms with Gasteiger partial charge >= 0.3 is 0 Å². The van der Waals surface area contributed by atoms with Gasteiger partial charge in [-0.1, -0.05) is 11.6 Å². The number of carbonyl (C=O) groups excluding carboxylic acids is 3. The van der Waals surface area contributed by atoms with E-state index in [9.17, 15) is 22.8 Å². The fourth-order valence-corrected chi connectivity index (χ4v) is 7.86. The second kappa shape index (κ2) is 9.83. The predicted octanol–water partition coefficient (Wildman–Crippen LogP) is 2.01. The standard InChI is InChI=1S/C23H31ClN4O5S/c24-17-1-3-18(4-2-17)34(32,33)28-19(5-6-20(25)29)22(31)27-26-21(30)13-23-10-14-7-15(11-23)9-16(8-14)12-23/h1-4,14-16,19,28H,5-13H2,(H2,25,29)(H,26,30)(H,27,31)/t14?,15?,16?,19-,23?/m1/s1. The summed E-state index contributed by atoms with van der Waals surface area (Å²) in [5.41, 5.74) is 9.98. The van der Waals surface area contributed by atoms with Gasteiger partial charge in [-0.3, -0.25) is 25.2 Å². The number of halogens is 1. The van der Waals surface area contributed by atoms with Gasteiger partial charge in [0.05, 0.1) is 4.90 Å². The zero-order valence-corrected chi connectivity index (χ0v) is 20.5. The molecule has 4 aliphatic carbocycles. The maximum atomic E-state index is 12.8. The molecule has 9 nitrogen and oxygen atoms in total. The minimum Gasteiger partial charge on any atom is -0.370 e. The molecule has 4 fully saturated rings. The Morgan fingerprint density at radius 1 is 1.00 bits per heavy atom. The third-order valence-electron chi connectivity index (χ3n) is 7.44. The number of hydrogen-bond donors (Lipinski definition) is 4. The number of rotatable bonds is 9. The molecule has 5 N–H and O–H groups in total. The number of primary amides is 1. The Kier molecular flexibility index (Phi) is 7.21. The highest BCUT2D eigenvalue weighted by Crippen LogP contribution is 2.61. The van der Waals surface area contributed by atoms with E-state index in [-0.39, 0.29) is 29.1 Å². The Morgan fingerprint density at radius 2 is 1.56 bits per heavy atom. The van der Waals surface area contributed by atoms with Gasteiger partial charge in [-0.25, -0.2) is 8.42 Å². The number of hydrazine groups is 1. The first-order chi connectivity index (χ1) is 16.0. The minimum atomic E-state index is -4.08. The number of hydrogen-bond acceptors (Lipinski definition) is 5. The van der Waals surface area contributed by atoms with E-state index in [1.165, 1.54) is 43.5 Å². The third-order valence-corrected chi connectivity index (χ3v) is 9.18. The lowest BCUT2D eigenvalue weighted by Crippen LogP contribution is -2.54. The van der Waals surface area contributed by atoms with Crippen LogP contribution in [0, 0.1) is 23.2 Å². The highest BCUT2D eigenvalue weighted by molar-refractivity contribution is 7.89. The summed E-state index contributed by atoms with van der Waals surface area (Å²) in [7, 11) is -4.08. The SMILES string of the molecule is NC(=O)CC[C@@H](NS(=O)(=O)c1ccc(Cl)cc1)C(=O)NNC(=O)CC12CC3CC(CC(C3)C1)C2. The molecule has 0 spiro atoms. The summed E-state index contributed by atoms with van der Waals surface area (Å²) < 4.78 is 27.7.